The Bertz CT molecular complexity index is 1300. The number of hydrogen-bond acceptors (Lipinski definition) is 5. The van der Waals surface area contributed by atoms with E-state index in [1.165, 1.54) is 42.5 Å². The lowest BCUT2D eigenvalue weighted by atomic mass is 10.0. The van der Waals surface area contributed by atoms with Gasteiger partial charge in [0.2, 0.25) is 0 Å². The molecule has 2 N–H and O–H groups in total. The fourth-order valence-corrected chi connectivity index (χ4v) is 4.12. The third-order valence-electron chi connectivity index (χ3n) is 5.64. The van der Waals surface area contributed by atoms with Gasteiger partial charge in [-0.15, -0.1) is 0 Å². The Hall–Kier alpha value is -3.92. The van der Waals surface area contributed by atoms with Gasteiger partial charge in [0.1, 0.15) is 23.4 Å². The second-order valence-corrected chi connectivity index (χ2v) is 8.52. The Morgan fingerprint density at radius 2 is 1.84 bits per heavy atom. The zero-order valence-electron chi connectivity index (χ0n) is 19.2. The van der Waals surface area contributed by atoms with Crippen molar-refractivity contribution in [2.75, 3.05) is 13.2 Å². The smallest absolute Gasteiger partial charge is 0.493 e. The predicted molar refractivity (Wildman–Crippen MR) is 127 cm³/mol. The molecule has 194 valence electrons. The number of fused-ring (bicyclic) bond motifs is 1. The molecular formula is C26H21ClF3NO6. The molecule has 1 amide bonds. The van der Waals surface area contributed by atoms with Crippen molar-refractivity contribution in [2.45, 2.75) is 25.1 Å². The fourth-order valence-electron chi connectivity index (χ4n) is 3.91. The minimum absolute atomic E-state index is 0.0277. The summed E-state index contributed by atoms with van der Waals surface area (Å²) >= 11 is 6.32. The summed E-state index contributed by atoms with van der Waals surface area (Å²) in [5.41, 5.74) is 0.175. The summed E-state index contributed by atoms with van der Waals surface area (Å²) in [6, 6.07) is 14.4. The molecule has 0 fully saturated rings. The zero-order chi connectivity index (χ0) is 26.6. The normalized spacial score (nSPS) is 14.8. The Balaban J connectivity index is 1.37. The van der Waals surface area contributed by atoms with Crippen LogP contribution in [0.3, 0.4) is 0 Å². The van der Waals surface area contributed by atoms with E-state index in [1.807, 2.05) is 0 Å². The maximum Gasteiger partial charge on any atom is 0.506 e. The van der Waals surface area contributed by atoms with Crippen LogP contribution >= 0.6 is 11.6 Å². The van der Waals surface area contributed by atoms with Crippen LogP contribution in [0.15, 0.2) is 60.7 Å². The molecule has 1 atom stereocenters. The number of alkyl halides is 3. The van der Waals surface area contributed by atoms with Crippen molar-refractivity contribution >= 4 is 23.7 Å². The van der Waals surface area contributed by atoms with Crippen molar-refractivity contribution in [2.24, 2.45) is 0 Å². The second kappa shape index (κ2) is 11.0. The molecule has 0 radical (unpaired) electrons. The van der Waals surface area contributed by atoms with Crippen molar-refractivity contribution in [1.29, 1.82) is 0 Å². The zero-order valence-corrected chi connectivity index (χ0v) is 19.9. The van der Waals surface area contributed by atoms with Crippen LogP contribution in [0.5, 0.6) is 17.2 Å². The Morgan fingerprint density at radius 1 is 1.11 bits per heavy atom. The van der Waals surface area contributed by atoms with Gasteiger partial charge in [-0.3, -0.25) is 4.79 Å². The van der Waals surface area contributed by atoms with E-state index in [0.29, 0.717) is 29.0 Å². The minimum Gasteiger partial charge on any atom is -0.493 e. The summed E-state index contributed by atoms with van der Waals surface area (Å²) in [7, 11) is 0. The van der Waals surface area contributed by atoms with E-state index < -0.39 is 29.9 Å². The molecule has 11 heteroatoms. The summed E-state index contributed by atoms with van der Waals surface area (Å²) in [4.78, 5) is 23.4. The molecule has 1 unspecified atom stereocenters. The Morgan fingerprint density at radius 3 is 2.54 bits per heavy atom. The molecule has 3 aromatic rings. The number of nitrogens with one attached hydrogen (secondary N) is 1. The topological polar surface area (TPSA) is 94.1 Å². The van der Waals surface area contributed by atoms with Gasteiger partial charge in [0, 0.05) is 30.2 Å². The average Bonchev–Trinajstić information content (AvgIpc) is 2.85. The quantitative estimate of drug-likeness (QED) is 0.329. The van der Waals surface area contributed by atoms with Crippen molar-refractivity contribution < 1.29 is 42.1 Å². The van der Waals surface area contributed by atoms with Crippen LogP contribution in [0, 0.1) is 0 Å². The van der Waals surface area contributed by atoms with Gasteiger partial charge in [-0.05, 0) is 48.4 Å². The maximum atomic E-state index is 13.1. The number of benzene rings is 3. The van der Waals surface area contributed by atoms with Crippen LogP contribution in [0.1, 0.15) is 39.6 Å². The number of carbonyl (C=O) groups excluding carboxylic acids is 1. The molecule has 1 aliphatic rings. The minimum atomic E-state index is -4.46. The standard InChI is InChI=1S/C26H21ClF3NO6/c27-20-13-18-21(37-25(33)34)10-12-35-22(18)14-23(20)36-17-7-5-16(6-8-17)24(32)31-11-9-15-3-1-2-4-19(15)26(28,29)30/h1-8,13-14,21H,9-12H2,(H,31,32)(H,33,34). The number of rotatable bonds is 7. The number of carbonyl (C=O) groups is 2. The number of carboxylic acid groups (broad SMARTS) is 1. The van der Waals surface area contributed by atoms with Crippen molar-refractivity contribution in [3.8, 4) is 17.2 Å². The van der Waals surface area contributed by atoms with Gasteiger partial charge in [0.15, 0.2) is 0 Å². The maximum absolute atomic E-state index is 13.1. The lowest BCUT2D eigenvalue weighted by Crippen LogP contribution is -2.26. The van der Waals surface area contributed by atoms with Crippen LogP contribution in [0.2, 0.25) is 5.02 Å². The molecule has 3 aromatic carbocycles. The van der Waals surface area contributed by atoms with Crippen LogP contribution < -0.4 is 14.8 Å². The largest absolute Gasteiger partial charge is 0.506 e. The Kier molecular flexibility index (Phi) is 7.77. The summed E-state index contributed by atoms with van der Waals surface area (Å²) < 4.78 is 55.6. The summed E-state index contributed by atoms with van der Waals surface area (Å²) in [6.45, 7) is 0.291. The second-order valence-electron chi connectivity index (χ2n) is 8.12. The lowest BCUT2D eigenvalue weighted by Gasteiger charge is -2.25. The van der Waals surface area contributed by atoms with Crippen LogP contribution in [-0.2, 0) is 17.3 Å². The summed E-state index contributed by atoms with van der Waals surface area (Å²) in [6.07, 6.45) is -6.18. The van der Waals surface area contributed by atoms with E-state index in [0.717, 1.165) is 6.07 Å². The highest BCUT2D eigenvalue weighted by Crippen LogP contribution is 2.42. The van der Waals surface area contributed by atoms with Gasteiger partial charge in [-0.25, -0.2) is 4.79 Å². The molecule has 1 aliphatic heterocycles. The average molecular weight is 536 g/mol. The monoisotopic (exact) mass is 535 g/mol. The molecule has 4 rings (SSSR count). The van der Waals surface area contributed by atoms with Crippen molar-refractivity contribution in [3.05, 3.63) is 87.9 Å². The predicted octanol–water partition coefficient (Wildman–Crippen LogP) is 6.64. The molecule has 0 aromatic heterocycles. The van der Waals surface area contributed by atoms with Gasteiger partial charge in [-0.2, -0.15) is 13.2 Å². The third-order valence-corrected chi connectivity index (χ3v) is 5.93. The van der Waals surface area contributed by atoms with E-state index >= 15 is 0 Å². The van der Waals surface area contributed by atoms with E-state index in [1.54, 1.807) is 12.1 Å². The highest BCUT2D eigenvalue weighted by Gasteiger charge is 2.32. The first-order chi connectivity index (χ1) is 17.6. The highest BCUT2D eigenvalue weighted by atomic mass is 35.5. The van der Waals surface area contributed by atoms with E-state index in [4.69, 9.17) is 30.9 Å². The molecule has 7 nitrogen and oxygen atoms in total. The first-order valence-corrected chi connectivity index (χ1v) is 11.6. The van der Waals surface area contributed by atoms with Gasteiger partial charge in [0.25, 0.3) is 5.91 Å². The summed E-state index contributed by atoms with van der Waals surface area (Å²) in [5, 5.41) is 11.8. The van der Waals surface area contributed by atoms with Gasteiger partial charge in [0.05, 0.1) is 17.2 Å². The van der Waals surface area contributed by atoms with E-state index in [9.17, 15) is 22.8 Å². The van der Waals surface area contributed by atoms with Crippen molar-refractivity contribution in [3.63, 3.8) is 0 Å². The SMILES string of the molecule is O=C(O)OC1CCOc2cc(Oc3ccc(C(=O)NCCc4ccccc4C(F)(F)F)cc3)c(Cl)cc21. The first kappa shape index (κ1) is 26.2. The first-order valence-electron chi connectivity index (χ1n) is 11.2. The van der Waals surface area contributed by atoms with Gasteiger partial charge < -0.3 is 24.6 Å². The molecule has 1 heterocycles. The molecule has 0 saturated heterocycles. The number of ether oxygens (including phenoxy) is 3. The van der Waals surface area contributed by atoms with Gasteiger partial charge in [-0.1, -0.05) is 29.8 Å². The molecule has 0 bridgehead atoms. The molecule has 0 saturated carbocycles. The third kappa shape index (κ3) is 6.45. The van der Waals surface area contributed by atoms with Crippen LogP contribution in [0.4, 0.5) is 18.0 Å². The van der Waals surface area contributed by atoms with Crippen molar-refractivity contribution in [1.82, 2.24) is 5.32 Å². The molecule has 0 aliphatic carbocycles. The molecular weight excluding hydrogens is 515 g/mol. The molecule has 0 spiro atoms. The number of hydrogen-bond donors (Lipinski definition) is 2. The fraction of sp³-hybridized carbons (Fsp3) is 0.231. The number of halogens is 4. The lowest BCUT2D eigenvalue weighted by molar-refractivity contribution is -0.138. The summed E-state index contributed by atoms with van der Waals surface area (Å²) in [5.74, 6) is 0.573. The molecule has 37 heavy (non-hydrogen) atoms. The highest BCUT2D eigenvalue weighted by molar-refractivity contribution is 6.32. The van der Waals surface area contributed by atoms with E-state index in [2.05, 4.69) is 5.32 Å². The van der Waals surface area contributed by atoms with Crippen LogP contribution in [-0.4, -0.2) is 30.3 Å². The Labute approximate surface area is 214 Å². The van der Waals surface area contributed by atoms with Crippen LogP contribution in [0.25, 0.3) is 0 Å². The van der Waals surface area contributed by atoms with E-state index in [-0.39, 0.29) is 35.9 Å². The van der Waals surface area contributed by atoms with Gasteiger partial charge >= 0.3 is 12.3 Å². The number of amides is 1.